The molecule has 0 spiro atoms. The van der Waals surface area contributed by atoms with Crippen molar-refractivity contribution in [2.24, 2.45) is 0 Å². The molecular formula is C129H83N15. The lowest BCUT2D eigenvalue weighted by Crippen LogP contribution is -2.06. The second kappa shape index (κ2) is 35.3. The van der Waals surface area contributed by atoms with Crippen LogP contribution >= 0.6 is 0 Å². The average Bonchev–Trinajstić information content (AvgIpc) is 1.60. The molecule has 29 aromatic rings. The molecule has 0 atom stereocenters. The zero-order valence-electron chi connectivity index (χ0n) is 77.6. The molecule has 0 aliphatic rings. The van der Waals surface area contributed by atoms with E-state index in [9.17, 15) is 0 Å². The van der Waals surface area contributed by atoms with Crippen molar-refractivity contribution in [2.45, 2.75) is 0 Å². The van der Waals surface area contributed by atoms with Gasteiger partial charge in [-0.05, 0) is 138 Å². The highest BCUT2D eigenvalue weighted by Gasteiger charge is 2.26. The molecule has 0 bridgehead atoms. The van der Waals surface area contributed by atoms with Gasteiger partial charge in [-0.15, -0.1) is 0 Å². The van der Waals surface area contributed by atoms with Crippen molar-refractivity contribution in [1.29, 1.82) is 0 Å². The minimum absolute atomic E-state index is 0.579. The van der Waals surface area contributed by atoms with Gasteiger partial charge in [-0.2, -0.15) is 29.9 Å². The molecular weight excluding hydrogens is 1760 g/mol. The lowest BCUT2D eigenvalue weighted by Gasteiger charge is -2.13. The first-order valence-electron chi connectivity index (χ1n) is 48.3. The van der Waals surface area contributed by atoms with Crippen LogP contribution in [0.3, 0.4) is 0 Å². The third kappa shape index (κ3) is 14.6. The fourth-order valence-corrected chi connectivity index (χ4v) is 21.0. The van der Waals surface area contributed by atoms with Gasteiger partial charge in [0.2, 0.25) is 17.8 Å². The third-order valence-electron chi connectivity index (χ3n) is 27.5. The van der Waals surface area contributed by atoms with E-state index in [-0.39, 0.29) is 0 Å². The van der Waals surface area contributed by atoms with Crippen LogP contribution < -0.4 is 0 Å². The second-order valence-electron chi connectivity index (χ2n) is 36.0. The van der Waals surface area contributed by atoms with E-state index in [0.29, 0.717) is 52.8 Å². The topological polar surface area (TPSA) is 146 Å². The van der Waals surface area contributed by atoms with Crippen molar-refractivity contribution < 1.29 is 0 Å². The number of benzene rings is 20. The second-order valence-corrected chi connectivity index (χ2v) is 36.0. The SMILES string of the molecule is c1ccc(-c2ccc(-c3nc(-c4cccc(-n5c6ccccc6c6ccccc65)c4)nc(-n4c5ccccc5c5ccccc54)n3)cc2)cc1.c1ccc(-c2cccc(-c3nc(-c4cccc(-n5c6ccccc6c6ccccc65)c4)nc(-n4c5ccccc5c5ccccc54)n3)c2)cc1.c1ccc(-c2nc(-c3cccc(-n4c5ccccc5c5ccccc54)c3)nc(-n3c4ccccc4c4ccccc43)n2)cc1. The maximum atomic E-state index is 5.23. The lowest BCUT2D eigenvalue weighted by atomic mass is 10.0. The highest BCUT2D eigenvalue weighted by Crippen LogP contribution is 2.43. The van der Waals surface area contributed by atoms with E-state index in [0.717, 1.165) is 155 Å². The normalized spacial score (nSPS) is 11.6. The summed E-state index contributed by atoms with van der Waals surface area (Å²) in [5.74, 6) is 5.47. The van der Waals surface area contributed by atoms with Crippen molar-refractivity contribution in [3.05, 3.63) is 504 Å². The molecule has 0 fully saturated rings. The quantitative estimate of drug-likeness (QED) is 0.104. The predicted molar refractivity (Wildman–Crippen MR) is 589 cm³/mol. The summed E-state index contributed by atoms with van der Waals surface area (Å²) in [6, 6.07) is 175. The van der Waals surface area contributed by atoms with Crippen LogP contribution in [0.5, 0.6) is 0 Å². The molecule has 15 heteroatoms. The Morgan fingerprint density at radius 3 is 0.514 bits per heavy atom. The molecule has 0 N–H and O–H groups in total. The fraction of sp³-hybridized carbons (Fsp3) is 0. The van der Waals surface area contributed by atoms with E-state index in [1.165, 1.54) is 48.7 Å². The molecule has 674 valence electrons. The molecule has 0 saturated carbocycles. The molecule has 15 nitrogen and oxygen atoms in total. The Morgan fingerprint density at radius 2 is 0.264 bits per heavy atom. The molecule has 0 aliphatic carbocycles. The summed E-state index contributed by atoms with van der Waals surface area (Å²) < 4.78 is 13.5. The number of para-hydroxylation sites is 12. The van der Waals surface area contributed by atoms with Crippen LogP contribution in [0, 0.1) is 0 Å². The van der Waals surface area contributed by atoms with Crippen molar-refractivity contribution >= 4 is 131 Å². The van der Waals surface area contributed by atoms with Gasteiger partial charge in [0.1, 0.15) is 0 Å². The van der Waals surface area contributed by atoms with Gasteiger partial charge < -0.3 is 13.7 Å². The summed E-state index contributed by atoms with van der Waals surface area (Å²) in [5, 5.41) is 14.3. The van der Waals surface area contributed by atoms with Gasteiger partial charge in [0, 0.05) is 115 Å². The van der Waals surface area contributed by atoms with Crippen molar-refractivity contribution in [2.75, 3.05) is 0 Å². The van der Waals surface area contributed by atoms with Crippen LogP contribution in [0.25, 0.3) is 256 Å². The summed E-state index contributed by atoms with van der Waals surface area (Å²) in [5.41, 5.74) is 26.5. The molecule has 0 amide bonds. The van der Waals surface area contributed by atoms with Crippen LogP contribution in [-0.4, -0.2) is 72.3 Å². The molecule has 9 aromatic heterocycles. The Labute approximate surface area is 826 Å². The molecule has 0 aliphatic heterocycles. The Balaban J connectivity index is 0.000000108. The fourth-order valence-electron chi connectivity index (χ4n) is 21.0. The highest BCUT2D eigenvalue weighted by molar-refractivity contribution is 6.14. The standard InChI is InChI=1S/2C45H29N5.C39H25N5/c1-2-14-30(15-3-1)31-16-12-17-32(28-31)43-46-44(48-45(47-43)50-41-26-10-6-22-37(41)38-23-7-11-27-42(38)50)33-18-13-19-34(29-33)49-39-24-8-4-20-35(39)36-21-5-9-25-40(36)49;1-2-13-30(14-3-1)31-25-27-32(28-26-31)43-46-44(48-45(47-43)50-41-23-10-6-19-37(41)38-20-7-11-24-42(38)50)33-15-12-16-34(29-33)49-39-21-8-4-17-35(39)36-18-5-9-22-40(36)49;1-2-13-26(14-3-1)37-40-38(42-39(41-37)44-35-23-10-6-19-31(35)32-20-7-11-24-36(32)44)27-15-12-16-28(25-27)43-33-21-8-4-17-29(33)30-18-5-9-22-34(30)43/h2*1-29H;1-25H. The van der Waals surface area contributed by atoms with Gasteiger partial charge in [-0.3, -0.25) is 13.7 Å². The molecule has 9 heterocycles. The first-order chi connectivity index (χ1) is 71.4. The summed E-state index contributed by atoms with van der Waals surface area (Å²) in [6.07, 6.45) is 0. The number of aromatic nitrogens is 15. The van der Waals surface area contributed by atoms with Gasteiger partial charge in [0.25, 0.3) is 0 Å². The molecule has 20 aromatic carbocycles. The van der Waals surface area contributed by atoms with Crippen LogP contribution in [0.2, 0.25) is 0 Å². The van der Waals surface area contributed by atoms with E-state index in [2.05, 4.69) is 488 Å². The van der Waals surface area contributed by atoms with E-state index in [4.69, 9.17) is 44.9 Å². The van der Waals surface area contributed by atoms with E-state index in [1.807, 2.05) is 42.5 Å². The molecule has 0 unspecified atom stereocenters. The van der Waals surface area contributed by atoms with Crippen molar-refractivity contribution in [3.63, 3.8) is 0 Å². The predicted octanol–water partition coefficient (Wildman–Crippen LogP) is 31.5. The summed E-state index contributed by atoms with van der Waals surface area (Å²) in [4.78, 5) is 46.4. The Morgan fingerprint density at radius 1 is 0.104 bits per heavy atom. The first kappa shape index (κ1) is 83.6. The number of rotatable bonds is 14. The van der Waals surface area contributed by atoms with Crippen molar-refractivity contribution in [3.8, 4) is 125 Å². The summed E-state index contributed by atoms with van der Waals surface area (Å²) in [7, 11) is 0. The molecule has 0 radical (unpaired) electrons. The highest BCUT2D eigenvalue weighted by atomic mass is 15.2. The molecule has 144 heavy (non-hydrogen) atoms. The lowest BCUT2D eigenvalue weighted by molar-refractivity contribution is 0.952. The number of hydrogen-bond acceptors (Lipinski definition) is 9. The maximum absolute atomic E-state index is 5.23. The monoisotopic (exact) mass is 1840 g/mol. The van der Waals surface area contributed by atoms with Gasteiger partial charge >= 0.3 is 0 Å². The van der Waals surface area contributed by atoms with Gasteiger partial charge in [-0.1, -0.05) is 388 Å². The van der Waals surface area contributed by atoms with Crippen LogP contribution in [-0.2, 0) is 0 Å². The summed E-state index contributed by atoms with van der Waals surface area (Å²) >= 11 is 0. The van der Waals surface area contributed by atoms with Gasteiger partial charge in [0.05, 0.1) is 66.2 Å². The van der Waals surface area contributed by atoms with Gasteiger partial charge in [0.15, 0.2) is 34.9 Å². The number of nitrogens with zero attached hydrogens (tertiary/aromatic N) is 15. The van der Waals surface area contributed by atoms with E-state index < -0.39 is 0 Å². The molecule has 0 saturated heterocycles. The van der Waals surface area contributed by atoms with E-state index in [1.54, 1.807) is 0 Å². The average molecular weight is 1840 g/mol. The zero-order chi connectivity index (χ0) is 95.1. The zero-order valence-corrected chi connectivity index (χ0v) is 77.6. The summed E-state index contributed by atoms with van der Waals surface area (Å²) in [6.45, 7) is 0. The Kier molecular flexibility index (Phi) is 20.5. The third-order valence-corrected chi connectivity index (χ3v) is 27.5. The van der Waals surface area contributed by atoms with E-state index >= 15 is 0 Å². The Bertz CT molecular complexity index is 9750. The number of fused-ring (bicyclic) bond motifs is 18. The molecule has 29 rings (SSSR count). The first-order valence-corrected chi connectivity index (χ1v) is 48.3. The Hall–Kier alpha value is -19.8. The van der Waals surface area contributed by atoms with Gasteiger partial charge in [-0.25, -0.2) is 15.0 Å². The maximum Gasteiger partial charge on any atom is 0.238 e. The minimum atomic E-state index is 0.579. The van der Waals surface area contributed by atoms with Crippen LogP contribution in [0.4, 0.5) is 0 Å². The van der Waals surface area contributed by atoms with Crippen LogP contribution in [0.15, 0.2) is 504 Å². The number of hydrogen-bond donors (Lipinski definition) is 0. The van der Waals surface area contributed by atoms with Crippen molar-refractivity contribution in [1.82, 2.24) is 72.3 Å². The smallest absolute Gasteiger partial charge is 0.238 e. The minimum Gasteiger partial charge on any atom is -0.309 e. The van der Waals surface area contributed by atoms with Crippen LogP contribution in [0.1, 0.15) is 0 Å². The largest absolute Gasteiger partial charge is 0.309 e.